The topological polar surface area (TPSA) is 58.9 Å². The molecule has 0 saturated heterocycles. The van der Waals surface area contributed by atoms with Gasteiger partial charge < -0.3 is 19.7 Å². The van der Waals surface area contributed by atoms with E-state index >= 15 is 0 Å². The summed E-state index contributed by atoms with van der Waals surface area (Å²) in [6.07, 6.45) is 1.52. The predicted molar refractivity (Wildman–Crippen MR) is 33.3 cm³/mol. The van der Waals surface area contributed by atoms with Crippen LogP contribution in [0.2, 0.25) is 0 Å². The molecule has 0 aromatic carbocycles. The maximum Gasteiger partial charge on any atom is 0.325 e. The van der Waals surface area contributed by atoms with Gasteiger partial charge in [0.2, 0.25) is 5.76 Å². The summed E-state index contributed by atoms with van der Waals surface area (Å²) >= 11 is 0. The Kier molecular flexibility index (Phi) is 1.71. The summed E-state index contributed by atoms with van der Waals surface area (Å²) < 4.78 is 9.24. The van der Waals surface area contributed by atoms with E-state index in [9.17, 15) is 0 Å². The summed E-state index contributed by atoms with van der Waals surface area (Å²) in [4.78, 5) is 0. The van der Waals surface area contributed by atoms with E-state index in [1.165, 1.54) is 13.2 Å². The molecule has 1 aliphatic rings. The highest BCUT2D eigenvalue weighted by Gasteiger charge is 2.15. The molecule has 0 aromatic rings. The van der Waals surface area contributed by atoms with E-state index in [1.807, 2.05) is 0 Å². The first-order valence-electron chi connectivity index (χ1n) is 2.75. The van der Waals surface area contributed by atoms with Crippen molar-refractivity contribution in [3.63, 3.8) is 0 Å². The molecule has 0 saturated carbocycles. The van der Waals surface area contributed by atoms with Gasteiger partial charge in [0.05, 0.1) is 7.11 Å². The van der Waals surface area contributed by atoms with Crippen LogP contribution in [-0.2, 0) is 9.47 Å². The van der Waals surface area contributed by atoms with Crippen LogP contribution in [0.5, 0.6) is 0 Å². The Morgan fingerprint density at radius 2 is 2.30 bits per heavy atom. The van der Waals surface area contributed by atoms with Crippen LogP contribution < -0.4 is 0 Å². The Bertz CT molecular complexity index is 192. The fraction of sp³-hybridized carbons (Fsp3) is 0.333. The molecule has 1 rings (SSSR count). The number of methoxy groups -OCH3 is 1. The van der Waals surface area contributed by atoms with Gasteiger partial charge in [-0.3, -0.25) is 0 Å². The average molecular weight is 144 g/mol. The van der Waals surface area contributed by atoms with E-state index in [2.05, 4.69) is 9.47 Å². The van der Waals surface area contributed by atoms with Crippen LogP contribution in [0.4, 0.5) is 0 Å². The van der Waals surface area contributed by atoms with Crippen LogP contribution in [0.15, 0.2) is 23.5 Å². The first-order valence-corrected chi connectivity index (χ1v) is 2.75. The molecular formula is C6H8O4. The normalized spacial score (nSPS) is 17.9. The summed E-state index contributed by atoms with van der Waals surface area (Å²) in [5.74, 6) is -0.600. The molecule has 1 aliphatic heterocycles. The van der Waals surface area contributed by atoms with Gasteiger partial charge in [-0.15, -0.1) is 0 Å². The summed E-state index contributed by atoms with van der Waals surface area (Å²) in [5, 5.41) is 17.7. The molecule has 0 fully saturated rings. The number of aliphatic hydroxyl groups is 2. The Morgan fingerprint density at radius 3 is 2.80 bits per heavy atom. The highest BCUT2D eigenvalue weighted by atomic mass is 16.6. The van der Waals surface area contributed by atoms with Gasteiger partial charge in [-0.05, 0) is 6.08 Å². The highest BCUT2D eigenvalue weighted by molar-refractivity contribution is 5.21. The largest absolute Gasteiger partial charge is 0.499 e. The van der Waals surface area contributed by atoms with Crippen LogP contribution >= 0.6 is 0 Å². The van der Waals surface area contributed by atoms with Gasteiger partial charge in [0.1, 0.15) is 6.61 Å². The third-order valence-electron chi connectivity index (χ3n) is 1.14. The maximum atomic E-state index is 8.95. The molecule has 2 N–H and O–H groups in total. The van der Waals surface area contributed by atoms with Crippen molar-refractivity contribution in [2.75, 3.05) is 13.7 Å². The van der Waals surface area contributed by atoms with E-state index in [-0.39, 0.29) is 18.1 Å². The first-order chi connectivity index (χ1) is 4.75. The lowest BCUT2D eigenvalue weighted by Crippen LogP contribution is -2.07. The van der Waals surface area contributed by atoms with Gasteiger partial charge in [-0.25, -0.2) is 0 Å². The van der Waals surface area contributed by atoms with Crippen molar-refractivity contribution in [3.8, 4) is 0 Å². The molecule has 0 aromatic heterocycles. The van der Waals surface area contributed by atoms with Crippen molar-refractivity contribution in [2.24, 2.45) is 0 Å². The average Bonchev–Trinajstić information content (AvgIpc) is 1.95. The van der Waals surface area contributed by atoms with Crippen LogP contribution in [0.3, 0.4) is 0 Å². The molecule has 0 atom stereocenters. The van der Waals surface area contributed by atoms with E-state index < -0.39 is 5.95 Å². The minimum Gasteiger partial charge on any atom is -0.499 e. The molecule has 0 spiro atoms. The van der Waals surface area contributed by atoms with Crippen LogP contribution in [0, 0.1) is 0 Å². The van der Waals surface area contributed by atoms with Gasteiger partial charge in [-0.2, -0.15) is 0 Å². The van der Waals surface area contributed by atoms with Crippen molar-refractivity contribution < 1.29 is 19.7 Å². The minimum absolute atomic E-state index is 0.221. The number of hydrogen-bond acceptors (Lipinski definition) is 4. The van der Waals surface area contributed by atoms with E-state index in [4.69, 9.17) is 10.2 Å². The summed E-state index contributed by atoms with van der Waals surface area (Å²) in [5.41, 5.74) is 0. The molecule has 4 nitrogen and oxygen atoms in total. The second-order valence-corrected chi connectivity index (χ2v) is 1.74. The molecule has 0 bridgehead atoms. The van der Waals surface area contributed by atoms with Crippen molar-refractivity contribution in [2.45, 2.75) is 0 Å². The SMILES string of the molecule is COC1=CCOC(O)=C1O. The molecule has 0 amide bonds. The number of ether oxygens (including phenoxy) is 2. The smallest absolute Gasteiger partial charge is 0.325 e. The molecule has 0 aliphatic carbocycles. The second-order valence-electron chi connectivity index (χ2n) is 1.74. The third kappa shape index (κ3) is 1.00. The maximum absolute atomic E-state index is 8.95. The Balaban J connectivity index is 2.83. The lowest BCUT2D eigenvalue weighted by atomic mass is 10.3. The Morgan fingerprint density at radius 1 is 1.60 bits per heavy atom. The molecule has 0 unspecified atom stereocenters. The van der Waals surface area contributed by atoms with Gasteiger partial charge >= 0.3 is 5.95 Å². The monoisotopic (exact) mass is 144 g/mol. The molecule has 0 radical (unpaired) electrons. The fourth-order valence-corrected chi connectivity index (χ4v) is 0.647. The quantitative estimate of drug-likeness (QED) is 0.572. The third-order valence-corrected chi connectivity index (χ3v) is 1.14. The van der Waals surface area contributed by atoms with E-state index in [0.29, 0.717) is 0 Å². The number of aliphatic hydroxyl groups excluding tert-OH is 2. The van der Waals surface area contributed by atoms with Crippen LogP contribution in [0.25, 0.3) is 0 Å². The van der Waals surface area contributed by atoms with E-state index in [0.717, 1.165) is 0 Å². The Labute approximate surface area is 58.0 Å². The predicted octanol–water partition coefficient (Wildman–Crippen LogP) is 0.832. The lowest BCUT2D eigenvalue weighted by molar-refractivity contribution is 0.0735. The molecule has 1 heterocycles. The van der Waals surface area contributed by atoms with Crippen LogP contribution in [0.1, 0.15) is 0 Å². The zero-order valence-electron chi connectivity index (χ0n) is 5.50. The van der Waals surface area contributed by atoms with Crippen molar-refractivity contribution in [1.82, 2.24) is 0 Å². The van der Waals surface area contributed by atoms with E-state index in [1.54, 1.807) is 0 Å². The van der Waals surface area contributed by atoms with Gasteiger partial charge in [-0.1, -0.05) is 0 Å². The van der Waals surface area contributed by atoms with Gasteiger partial charge in [0.15, 0.2) is 5.76 Å². The molecular weight excluding hydrogens is 136 g/mol. The van der Waals surface area contributed by atoms with Crippen LogP contribution in [-0.4, -0.2) is 23.9 Å². The van der Waals surface area contributed by atoms with Gasteiger partial charge in [0.25, 0.3) is 0 Å². The number of hydrogen-bond donors (Lipinski definition) is 2. The molecule has 10 heavy (non-hydrogen) atoms. The standard InChI is InChI=1S/C6H8O4/c1-9-4-2-3-10-6(8)5(4)7/h2,7-8H,3H2,1H3. The summed E-state index contributed by atoms with van der Waals surface area (Å²) in [6, 6.07) is 0. The van der Waals surface area contributed by atoms with Crippen molar-refractivity contribution in [1.29, 1.82) is 0 Å². The second kappa shape index (κ2) is 2.51. The van der Waals surface area contributed by atoms with Crippen molar-refractivity contribution in [3.05, 3.63) is 23.5 Å². The summed E-state index contributed by atoms with van der Waals surface area (Å²) in [6.45, 7) is 0.221. The summed E-state index contributed by atoms with van der Waals surface area (Å²) in [7, 11) is 1.40. The lowest BCUT2D eigenvalue weighted by Gasteiger charge is -2.12. The molecule has 4 heteroatoms. The van der Waals surface area contributed by atoms with Crippen molar-refractivity contribution >= 4 is 0 Å². The zero-order valence-corrected chi connectivity index (χ0v) is 5.50. The number of rotatable bonds is 1. The zero-order chi connectivity index (χ0) is 7.56. The Hall–Kier alpha value is -1.32. The van der Waals surface area contributed by atoms with Gasteiger partial charge in [0, 0.05) is 0 Å². The fourth-order valence-electron chi connectivity index (χ4n) is 0.647. The first kappa shape index (κ1) is 6.80. The molecule has 56 valence electrons. The highest BCUT2D eigenvalue weighted by Crippen LogP contribution is 2.16. The minimum atomic E-state index is -0.487.